The highest BCUT2D eigenvalue weighted by Gasteiger charge is 2.25. The summed E-state index contributed by atoms with van der Waals surface area (Å²) in [4.78, 5) is 3.89. The Hall–Kier alpha value is -1.74. The lowest BCUT2D eigenvalue weighted by molar-refractivity contribution is 0.380. The van der Waals surface area contributed by atoms with Gasteiger partial charge >= 0.3 is 0 Å². The van der Waals surface area contributed by atoms with Crippen LogP contribution in [0.2, 0.25) is 0 Å². The first-order valence-corrected chi connectivity index (χ1v) is 6.67. The highest BCUT2D eigenvalue weighted by Crippen LogP contribution is 2.32. The van der Waals surface area contributed by atoms with Crippen molar-refractivity contribution >= 4 is 0 Å². The molecule has 1 aromatic carbocycles. The lowest BCUT2D eigenvalue weighted by Crippen LogP contribution is -2.27. The van der Waals surface area contributed by atoms with Crippen LogP contribution in [0, 0.1) is 11.7 Å². The van der Waals surface area contributed by atoms with Crippen molar-refractivity contribution in [3.63, 3.8) is 0 Å². The summed E-state index contributed by atoms with van der Waals surface area (Å²) in [5, 5.41) is 0. The van der Waals surface area contributed by atoms with Gasteiger partial charge in [-0.15, -0.1) is 0 Å². The molecule has 0 saturated heterocycles. The molecule has 0 spiro atoms. The number of rotatable bonds is 2. The van der Waals surface area contributed by atoms with E-state index in [9.17, 15) is 4.39 Å². The molecule has 2 N–H and O–H groups in total. The van der Waals surface area contributed by atoms with Gasteiger partial charge in [-0.05, 0) is 47.9 Å². The minimum Gasteiger partial charge on any atom is -0.324 e. The molecular weight excluding hydrogens is 239 g/mol. The predicted molar refractivity (Wildman–Crippen MR) is 73.1 cm³/mol. The molecule has 0 bridgehead atoms. The van der Waals surface area contributed by atoms with Crippen LogP contribution >= 0.6 is 0 Å². The Morgan fingerprint density at radius 2 is 2.00 bits per heavy atom. The first kappa shape index (κ1) is 12.3. The smallest absolute Gasteiger partial charge is 0.141 e. The van der Waals surface area contributed by atoms with E-state index in [4.69, 9.17) is 5.73 Å². The third-order valence-corrected chi connectivity index (χ3v) is 4.00. The summed E-state index contributed by atoms with van der Waals surface area (Å²) in [5.74, 6) is 0.0441. The number of halogens is 1. The summed E-state index contributed by atoms with van der Waals surface area (Å²) in [6.45, 7) is 0. The van der Waals surface area contributed by atoms with Crippen LogP contribution in [0.15, 0.2) is 42.7 Å². The molecule has 2 aromatic rings. The van der Waals surface area contributed by atoms with Crippen LogP contribution in [0.25, 0.3) is 0 Å². The number of aromatic nitrogens is 1. The van der Waals surface area contributed by atoms with Crippen molar-refractivity contribution in [2.45, 2.75) is 25.3 Å². The molecule has 2 unspecified atom stereocenters. The van der Waals surface area contributed by atoms with Crippen molar-refractivity contribution in [3.05, 3.63) is 65.2 Å². The van der Waals surface area contributed by atoms with Crippen LogP contribution < -0.4 is 5.73 Å². The van der Waals surface area contributed by atoms with Gasteiger partial charge in [0.25, 0.3) is 0 Å². The molecule has 19 heavy (non-hydrogen) atoms. The molecule has 1 aliphatic carbocycles. The lowest BCUT2D eigenvalue weighted by Gasteiger charge is -2.29. The van der Waals surface area contributed by atoms with Crippen LogP contribution in [0.3, 0.4) is 0 Å². The fraction of sp³-hybridized carbons (Fsp3) is 0.312. The normalized spacial score (nSPS) is 19.8. The highest BCUT2D eigenvalue weighted by molar-refractivity contribution is 5.30. The Morgan fingerprint density at radius 1 is 1.21 bits per heavy atom. The molecule has 1 aromatic heterocycles. The minimum absolute atomic E-state index is 0.142. The third kappa shape index (κ3) is 2.51. The summed E-state index contributed by atoms with van der Waals surface area (Å²) in [7, 11) is 0. The first-order chi connectivity index (χ1) is 9.24. The van der Waals surface area contributed by atoms with Gasteiger partial charge in [0.1, 0.15) is 5.82 Å². The molecule has 0 saturated carbocycles. The molecule has 0 aliphatic heterocycles. The number of benzene rings is 1. The van der Waals surface area contributed by atoms with Crippen LogP contribution in [0.4, 0.5) is 4.39 Å². The Morgan fingerprint density at radius 3 is 2.79 bits per heavy atom. The lowest BCUT2D eigenvalue weighted by atomic mass is 9.78. The molecule has 3 rings (SSSR count). The van der Waals surface area contributed by atoms with Gasteiger partial charge in [0.05, 0.1) is 6.20 Å². The van der Waals surface area contributed by atoms with Gasteiger partial charge in [0.2, 0.25) is 0 Å². The largest absolute Gasteiger partial charge is 0.324 e. The average molecular weight is 256 g/mol. The molecule has 1 heterocycles. The third-order valence-electron chi connectivity index (χ3n) is 4.00. The van der Waals surface area contributed by atoms with Crippen molar-refractivity contribution in [2.24, 2.45) is 11.7 Å². The molecular formula is C16H17FN2. The average Bonchev–Trinajstić information content (AvgIpc) is 2.46. The minimum atomic E-state index is -0.316. The van der Waals surface area contributed by atoms with Crippen molar-refractivity contribution in [1.29, 1.82) is 0 Å². The van der Waals surface area contributed by atoms with Crippen molar-refractivity contribution in [3.8, 4) is 0 Å². The number of fused-ring (bicyclic) bond motifs is 1. The van der Waals surface area contributed by atoms with E-state index >= 15 is 0 Å². The maximum Gasteiger partial charge on any atom is 0.141 e. The second-order valence-corrected chi connectivity index (χ2v) is 5.23. The van der Waals surface area contributed by atoms with Gasteiger partial charge in [-0.2, -0.15) is 0 Å². The zero-order valence-electron chi connectivity index (χ0n) is 10.7. The zero-order chi connectivity index (χ0) is 13.2. The topological polar surface area (TPSA) is 38.9 Å². The first-order valence-electron chi connectivity index (χ1n) is 6.67. The molecule has 1 aliphatic rings. The van der Waals surface area contributed by atoms with Gasteiger partial charge < -0.3 is 5.73 Å². The fourth-order valence-electron chi connectivity index (χ4n) is 2.92. The summed E-state index contributed by atoms with van der Waals surface area (Å²) < 4.78 is 13.2. The van der Waals surface area contributed by atoms with Gasteiger partial charge in [-0.25, -0.2) is 4.39 Å². The highest BCUT2D eigenvalue weighted by atomic mass is 19.1. The maximum absolute atomic E-state index is 13.2. The van der Waals surface area contributed by atoms with Gasteiger partial charge in [-0.3, -0.25) is 4.98 Å². The van der Waals surface area contributed by atoms with Gasteiger partial charge in [0, 0.05) is 12.2 Å². The molecule has 0 amide bonds. The molecule has 3 heteroatoms. The summed E-state index contributed by atoms with van der Waals surface area (Å²) in [6.07, 6.45) is 5.96. The van der Waals surface area contributed by atoms with Crippen LogP contribution in [0.5, 0.6) is 0 Å². The van der Waals surface area contributed by atoms with E-state index in [1.54, 1.807) is 6.20 Å². The number of nitrogens with zero attached hydrogens (tertiary/aromatic N) is 1. The quantitative estimate of drug-likeness (QED) is 0.897. The van der Waals surface area contributed by atoms with E-state index in [1.807, 2.05) is 0 Å². The Balaban J connectivity index is 1.81. The standard InChI is InChI=1S/C16H17FN2/c17-15-8-14(9-19-10-15)16(18)13-6-5-11-3-1-2-4-12(11)7-13/h1-4,8-10,13,16H,5-7,18H2. The molecule has 2 atom stereocenters. The molecule has 0 fully saturated rings. The van der Waals surface area contributed by atoms with E-state index in [2.05, 4.69) is 29.2 Å². The van der Waals surface area contributed by atoms with E-state index < -0.39 is 0 Å². The monoisotopic (exact) mass is 256 g/mol. The van der Waals surface area contributed by atoms with Crippen molar-refractivity contribution in [2.75, 3.05) is 0 Å². The predicted octanol–water partition coefficient (Wildman–Crippen LogP) is 3.03. The van der Waals surface area contributed by atoms with E-state index in [-0.39, 0.29) is 11.9 Å². The van der Waals surface area contributed by atoms with Gasteiger partial charge in [-0.1, -0.05) is 24.3 Å². The molecule has 2 nitrogen and oxygen atoms in total. The molecule has 0 radical (unpaired) electrons. The SMILES string of the molecule is NC(c1cncc(F)c1)C1CCc2ccccc2C1. The number of aryl methyl sites for hydroxylation is 1. The Labute approximate surface area is 112 Å². The van der Waals surface area contributed by atoms with E-state index in [1.165, 1.54) is 23.4 Å². The maximum atomic E-state index is 13.2. The number of nitrogens with two attached hydrogens (primary N) is 1. The number of hydrogen-bond acceptors (Lipinski definition) is 2. The second kappa shape index (κ2) is 5.10. The zero-order valence-corrected chi connectivity index (χ0v) is 10.7. The van der Waals surface area contributed by atoms with E-state index in [0.717, 1.165) is 24.8 Å². The van der Waals surface area contributed by atoms with Gasteiger partial charge in [0.15, 0.2) is 0 Å². The Bertz CT molecular complexity index is 582. The summed E-state index contributed by atoms with van der Waals surface area (Å²) in [5.41, 5.74) is 9.88. The fourth-order valence-corrected chi connectivity index (χ4v) is 2.92. The van der Waals surface area contributed by atoms with Crippen molar-refractivity contribution < 1.29 is 4.39 Å². The van der Waals surface area contributed by atoms with E-state index in [0.29, 0.717) is 5.92 Å². The molecule has 98 valence electrons. The number of hydrogen-bond donors (Lipinski definition) is 1. The van der Waals surface area contributed by atoms with Crippen LogP contribution in [-0.2, 0) is 12.8 Å². The Kier molecular flexibility index (Phi) is 3.30. The summed E-state index contributed by atoms with van der Waals surface area (Å²) >= 11 is 0. The number of pyridine rings is 1. The second-order valence-electron chi connectivity index (χ2n) is 5.23. The summed E-state index contributed by atoms with van der Waals surface area (Å²) in [6, 6.07) is 9.85. The van der Waals surface area contributed by atoms with Crippen molar-refractivity contribution in [1.82, 2.24) is 4.98 Å². The van der Waals surface area contributed by atoms with Crippen LogP contribution in [0.1, 0.15) is 29.2 Å². The van der Waals surface area contributed by atoms with Crippen LogP contribution in [-0.4, -0.2) is 4.98 Å².